The molecule has 0 spiro atoms. The van der Waals surface area contributed by atoms with Gasteiger partial charge in [-0.1, -0.05) is 12.1 Å². The van der Waals surface area contributed by atoms with Crippen molar-refractivity contribution in [2.45, 2.75) is 6.61 Å². The van der Waals surface area contributed by atoms with E-state index in [4.69, 9.17) is 10.5 Å². The van der Waals surface area contributed by atoms with E-state index in [1.807, 2.05) is 24.3 Å². The summed E-state index contributed by atoms with van der Waals surface area (Å²) in [7, 11) is 1.64. The Bertz CT molecular complexity index is 543. The highest BCUT2D eigenvalue weighted by Crippen LogP contribution is 2.24. The number of nitrogens with two attached hydrogens (primary N) is 1. The van der Waals surface area contributed by atoms with Gasteiger partial charge in [0.25, 0.3) is 0 Å². The molecular weight excluding hydrogens is 231 g/mol. The van der Waals surface area contributed by atoms with E-state index in [-0.39, 0.29) is 5.82 Å². The Morgan fingerprint density at radius 1 is 1.22 bits per heavy atom. The first-order valence-corrected chi connectivity index (χ1v) is 5.59. The van der Waals surface area contributed by atoms with Gasteiger partial charge in [0.2, 0.25) is 0 Å². The molecule has 3 N–H and O–H groups in total. The molecule has 0 heterocycles. The monoisotopic (exact) mass is 246 g/mol. The molecule has 0 aliphatic carbocycles. The quantitative estimate of drug-likeness (QED) is 0.814. The number of hydrogen-bond acceptors (Lipinski definition) is 3. The van der Waals surface area contributed by atoms with Gasteiger partial charge >= 0.3 is 0 Å². The van der Waals surface area contributed by atoms with Crippen LogP contribution >= 0.6 is 0 Å². The number of ether oxygens (including phenoxy) is 1. The molecule has 0 aliphatic heterocycles. The topological polar surface area (TPSA) is 47.3 Å². The van der Waals surface area contributed by atoms with Gasteiger partial charge < -0.3 is 15.8 Å². The summed E-state index contributed by atoms with van der Waals surface area (Å²) in [6, 6.07) is 11.9. The highest BCUT2D eigenvalue weighted by Gasteiger charge is 2.02. The van der Waals surface area contributed by atoms with Crippen molar-refractivity contribution in [3.8, 4) is 0 Å². The summed E-state index contributed by atoms with van der Waals surface area (Å²) in [5, 5.41) is 3.09. The van der Waals surface area contributed by atoms with E-state index >= 15 is 0 Å². The lowest BCUT2D eigenvalue weighted by Gasteiger charge is -2.10. The lowest BCUT2D eigenvalue weighted by atomic mass is 10.2. The number of anilines is 3. The number of hydrogen-bond donors (Lipinski definition) is 2. The van der Waals surface area contributed by atoms with Gasteiger partial charge in [-0.25, -0.2) is 4.39 Å². The number of nitrogen functional groups attached to an aromatic ring is 1. The zero-order valence-electron chi connectivity index (χ0n) is 10.1. The summed E-state index contributed by atoms with van der Waals surface area (Å²) in [5.41, 5.74) is 8.74. The van der Waals surface area contributed by atoms with Gasteiger partial charge in [0.15, 0.2) is 0 Å². The second kappa shape index (κ2) is 5.51. The molecule has 18 heavy (non-hydrogen) atoms. The zero-order chi connectivity index (χ0) is 13.0. The van der Waals surface area contributed by atoms with Crippen LogP contribution in [0.1, 0.15) is 5.56 Å². The molecule has 3 nitrogen and oxygen atoms in total. The number of rotatable bonds is 4. The van der Waals surface area contributed by atoms with E-state index in [2.05, 4.69) is 5.32 Å². The van der Waals surface area contributed by atoms with Gasteiger partial charge in [-0.15, -0.1) is 0 Å². The fourth-order valence-electron chi connectivity index (χ4n) is 1.70. The molecule has 0 aromatic heterocycles. The Morgan fingerprint density at radius 3 is 2.83 bits per heavy atom. The van der Waals surface area contributed by atoms with E-state index in [1.165, 1.54) is 18.2 Å². The van der Waals surface area contributed by atoms with Gasteiger partial charge in [0.1, 0.15) is 5.82 Å². The second-order valence-corrected chi connectivity index (χ2v) is 3.99. The van der Waals surface area contributed by atoms with Crippen molar-refractivity contribution in [3.05, 3.63) is 53.8 Å². The average Bonchev–Trinajstić information content (AvgIpc) is 2.35. The lowest BCUT2D eigenvalue weighted by Crippen LogP contribution is -1.98. The fraction of sp³-hybridized carbons (Fsp3) is 0.143. The van der Waals surface area contributed by atoms with Crippen molar-refractivity contribution >= 4 is 17.1 Å². The molecule has 2 rings (SSSR count). The Kier molecular flexibility index (Phi) is 3.79. The molecule has 0 unspecified atom stereocenters. The third-order valence-electron chi connectivity index (χ3n) is 2.53. The fourth-order valence-corrected chi connectivity index (χ4v) is 1.70. The SMILES string of the molecule is COCc1cccc(Nc2cc(F)ccc2N)c1. The van der Waals surface area contributed by atoms with Crippen molar-refractivity contribution in [2.24, 2.45) is 0 Å². The standard InChI is InChI=1S/C14H15FN2O/c1-18-9-10-3-2-4-12(7-10)17-14-8-11(15)5-6-13(14)16/h2-8,17H,9,16H2,1H3. The van der Waals surface area contributed by atoms with Gasteiger partial charge in [-0.3, -0.25) is 0 Å². The van der Waals surface area contributed by atoms with Gasteiger partial charge in [-0.2, -0.15) is 0 Å². The van der Waals surface area contributed by atoms with Crippen LogP contribution in [0.3, 0.4) is 0 Å². The van der Waals surface area contributed by atoms with E-state index < -0.39 is 0 Å². The maximum Gasteiger partial charge on any atom is 0.125 e. The number of methoxy groups -OCH3 is 1. The van der Waals surface area contributed by atoms with Crippen molar-refractivity contribution < 1.29 is 9.13 Å². The van der Waals surface area contributed by atoms with Crippen LogP contribution in [-0.4, -0.2) is 7.11 Å². The Labute approximate surface area is 105 Å². The molecular formula is C14H15FN2O. The minimum atomic E-state index is -0.320. The lowest BCUT2D eigenvalue weighted by molar-refractivity contribution is 0.185. The van der Waals surface area contributed by atoms with Crippen LogP contribution in [0.2, 0.25) is 0 Å². The van der Waals surface area contributed by atoms with Crippen molar-refractivity contribution in [1.29, 1.82) is 0 Å². The van der Waals surface area contributed by atoms with Crippen molar-refractivity contribution in [2.75, 3.05) is 18.2 Å². The van der Waals surface area contributed by atoms with Crippen LogP contribution < -0.4 is 11.1 Å². The van der Waals surface area contributed by atoms with E-state index in [0.717, 1.165) is 11.3 Å². The second-order valence-electron chi connectivity index (χ2n) is 3.99. The third-order valence-corrected chi connectivity index (χ3v) is 2.53. The first kappa shape index (κ1) is 12.4. The molecule has 94 valence electrons. The minimum Gasteiger partial charge on any atom is -0.397 e. The van der Waals surface area contributed by atoms with Gasteiger partial charge in [0.05, 0.1) is 18.0 Å². The summed E-state index contributed by atoms with van der Waals surface area (Å²) in [4.78, 5) is 0. The summed E-state index contributed by atoms with van der Waals surface area (Å²) in [5.74, 6) is -0.320. The highest BCUT2D eigenvalue weighted by atomic mass is 19.1. The van der Waals surface area contributed by atoms with Crippen LogP contribution in [0, 0.1) is 5.82 Å². The summed E-state index contributed by atoms with van der Waals surface area (Å²) >= 11 is 0. The average molecular weight is 246 g/mol. The molecule has 0 fully saturated rings. The molecule has 0 atom stereocenters. The van der Waals surface area contributed by atoms with Crippen molar-refractivity contribution in [3.63, 3.8) is 0 Å². The first-order chi connectivity index (χ1) is 8.69. The zero-order valence-corrected chi connectivity index (χ0v) is 10.1. The molecule has 0 saturated heterocycles. The van der Waals surface area contributed by atoms with Crippen LogP contribution in [-0.2, 0) is 11.3 Å². The minimum absolute atomic E-state index is 0.320. The Morgan fingerprint density at radius 2 is 2.06 bits per heavy atom. The van der Waals surface area contributed by atoms with Crippen LogP contribution in [0.25, 0.3) is 0 Å². The van der Waals surface area contributed by atoms with E-state index in [1.54, 1.807) is 7.11 Å². The highest BCUT2D eigenvalue weighted by molar-refractivity contribution is 5.72. The summed E-state index contributed by atoms with van der Waals surface area (Å²) in [6.07, 6.45) is 0. The molecule has 2 aromatic rings. The third kappa shape index (κ3) is 2.99. The molecule has 4 heteroatoms. The van der Waals surface area contributed by atoms with Crippen molar-refractivity contribution in [1.82, 2.24) is 0 Å². The molecule has 0 radical (unpaired) electrons. The normalized spacial score (nSPS) is 10.3. The van der Waals surface area contributed by atoms with E-state index in [9.17, 15) is 4.39 Å². The van der Waals surface area contributed by atoms with Crippen LogP contribution in [0.15, 0.2) is 42.5 Å². The maximum atomic E-state index is 13.1. The Balaban J connectivity index is 2.22. The first-order valence-electron chi connectivity index (χ1n) is 5.59. The molecule has 0 bridgehead atoms. The summed E-state index contributed by atoms with van der Waals surface area (Å²) < 4.78 is 18.2. The van der Waals surface area contributed by atoms with Gasteiger partial charge in [0, 0.05) is 12.8 Å². The molecule has 0 amide bonds. The number of halogens is 1. The number of nitrogens with one attached hydrogen (secondary N) is 1. The van der Waals surface area contributed by atoms with E-state index in [0.29, 0.717) is 18.0 Å². The van der Waals surface area contributed by atoms with Crippen LogP contribution in [0.4, 0.5) is 21.5 Å². The maximum absolute atomic E-state index is 13.1. The van der Waals surface area contributed by atoms with Gasteiger partial charge in [-0.05, 0) is 35.9 Å². The molecule has 2 aromatic carbocycles. The largest absolute Gasteiger partial charge is 0.397 e. The smallest absolute Gasteiger partial charge is 0.125 e. The molecule has 0 aliphatic rings. The predicted molar refractivity (Wildman–Crippen MR) is 71.3 cm³/mol. The predicted octanol–water partition coefficient (Wildman–Crippen LogP) is 3.30. The summed E-state index contributed by atoms with van der Waals surface area (Å²) in [6.45, 7) is 0.536. The molecule has 0 saturated carbocycles. The number of benzene rings is 2. The Hall–Kier alpha value is -2.07. The van der Waals surface area contributed by atoms with Crippen LogP contribution in [0.5, 0.6) is 0 Å².